The van der Waals surface area contributed by atoms with Crippen LogP contribution in [0, 0.1) is 6.92 Å². The Kier molecular flexibility index (Phi) is 7.50. The van der Waals surface area contributed by atoms with E-state index in [4.69, 9.17) is 9.47 Å². The van der Waals surface area contributed by atoms with Gasteiger partial charge in [0.2, 0.25) is 0 Å². The number of nitrogens with zero attached hydrogens (tertiary/aromatic N) is 2. The van der Waals surface area contributed by atoms with Gasteiger partial charge in [-0.05, 0) is 68.5 Å². The molecule has 0 aliphatic carbocycles. The predicted molar refractivity (Wildman–Crippen MR) is 116 cm³/mol. The van der Waals surface area contributed by atoms with Crippen LogP contribution in [0.2, 0.25) is 0 Å². The fraction of sp³-hybridized carbons (Fsp3) is 0.391. The third kappa shape index (κ3) is 5.98. The van der Waals surface area contributed by atoms with Gasteiger partial charge in [0, 0.05) is 13.1 Å². The molecule has 1 amide bonds. The van der Waals surface area contributed by atoms with Crippen LogP contribution in [0.5, 0.6) is 11.5 Å². The van der Waals surface area contributed by atoms with Gasteiger partial charge in [-0.3, -0.25) is 10.2 Å². The molecule has 2 aromatic rings. The molecule has 0 aromatic heterocycles. The van der Waals surface area contributed by atoms with E-state index in [-0.39, 0.29) is 12.5 Å². The first-order chi connectivity index (χ1) is 14.2. The van der Waals surface area contributed by atoms with Gasteiger partial charge < -0.3 is 14.4 Å². The molecule has 0 bridgehead atoms. The number of ether oxygens (including phenoxy) is 2. The lowest BCUT2D eigenvalue weighted by atomic mass is 10.1. The lowest BCUT2D eigenvalue weighted by Gasteiger charge is -2.26. The summed E-state index contributed by atoms with van der Waals surface area (Å²) in [5.74, 6) is 1.21. The van der Waals surface area contributed by atoms with Crippen molar-refractivity contribution in [1.82, 2.24) is 4.90 Å². The molecular weight excluding hydrogens is 366 g/mol. The van der Waals surface area contributed by atoms with Crippen molar-refractivity contribution in [2.75, 3.05) is 31.7 Å². The molecule has 0 radical (unpaired) electrons. The highest BCUT2D eigenvalue weighted by Crippen LogP contribution is 2.28. The first-order valence-electron chi connectivity index (χ1n) is 10.2. The van der Waals surface area contributed by atoms with E-state index in [1.165, 1.54) is 6.42 Å². The first-order valence-corrected chi connectivity index (χ1v) is 10.2. The molecule has 1 aliphatic rings. The maximum Gasteiger partial charge on any atom is 0.260 e. The summed E-state index contributed by atoms with van der Waals surface area (Å²) in [6.07, 6.45) is 5.07. The minimum atomic E-state index is 0.0280. The van der Waals surface area contributed by atoms with Crippen LogP contribution in [-0.4, -0.2) is 43.3 Å². The van der Waals surface area contributed by atoms with E-state index in [0.717, 1.165) is 42.7 Å². The number of para-hydroxylation sites is 1. The molecule has 154 valence electrons. The average Bonchev–Trinajstić information content (AvgIpc) is 2.75. The van der Waals surface area contributed by atoms with Gasteiger partial charge in [0.05, 0.1) is 18.5 Å². The maximum atomic E-state index is 12.3. The molecular formula is C23H29N3O3. The van der Waals surface area contributed by atoms with Gasteiger partial charge in [0.15, 0.2) is 18.1 Å². The number of anilines is 1. The zero-order valence-corrected chi connectivity index (χ0v) is 17.2. The molecule has 0 atom stereocenters. The van der Waals surface area contributed by atoms with E-state index in [0.29, 0.717) is 18.1 Å². The van der Waals surface area contributed by atoms with Crippen molar-refractivity contribution >= 4 is 17.8 Å². The van der Waals surface area contributed by atoms with Crippen molar-refractivity contribution in [3.8, 4) is 11.5 Å². The molecule has 1 aliphatic heterocycles. The highest BCUT2D eigenvalue weighted by Gasteiger charge is 2.17. The van der Waals surface area contributed by atoms with Crippen LogP contribution in [0.3, 0.4) is 0 Å². The van der Waals surface area contributed by atoms with Gasteiger partial charge in [0.1, 0.15) is 0 Å². The van der Waals surface area contributed by atoms with Crippen molar-refractivity contribution in [3.05, 3.63) is 53.6 Å². The van der Waals surface area contributed by atoms with Crippen LogP contribution in [0.25, 0.3) is 0 Å². The van der Waals surface area contributed by atoms with Gasteiger partial charge in [-0.25, -0.2) is 0 Å². The number of hydrazone groups is 1. The molecule has 2 aromatic carbocycles. The van der Waals surface area contributed by atoms with Crippen molar-refractivity contribution in [1.29, 1.82) is 0 Å². The van der Waals surface area contributed by atoms with Crippen molar-refractivity contribution in [3.63, 3.8) is 0 Å². The molecule has 6 nitrogen and oxygen atoms in total. The van der Waals surface area contributed by atoms with Crippen LogP contribution >= 0.6 is 0 Å². The summed E-state index contributed by atoms with van der Waals surface area (Å²) in [6, 6.07) is 13.6. The SMILES string of the molecule is CCOc1cc(/C=N\Nc2ccccc2C)ccc1OCC(=O)N1CCCCC1. The number of piperidine rings is 1. The Morgan fingerprint density at radius 2 is 1.90 bits per heavy atom. The highest BCUT2D eigenvalue weighted by atomic mass is 16.5. The van der Waals surface area contributed by atoms with Crippen molar-refractivity contribution in [2.24, 2.45) is 5.10 Å². The number of amides is 1. The van der Waals surface area contributed by atoms with Gasteiger partial charge in [-0.15, -0.1) is 0 Å². The Labute approximate surface area is 172 Å². The summed E-state index contributed by atoms with van der Waals surface area (Å²) in [6.45, 7) is 6.14. The van der Waals surface area contributed by atoms with E-state index >= 15 is 0 Å². The second-order valence-electron chi connectivity index (χ2n) is 7.05. The van der Waals surface area contributed by atoms with Crippen molar-refractivity contribution < 1.29 is 14.3 Å². The minimum absolute atomic E-state index is 0.0280. The fourth-order valence-electron chi connectivity index (χ4n) is 3.24. The molecule has 29 heavy (non-hydrogen) atoms. The molecule has 1 fully saturated rings. The molecule has 3 rings (SSSR count). The van der Waals surface area contributed by atoms with Crippen LogP contribution < -0.4 is 14.9 Å². The number of benzene rings is 2. The van der Waals surface area contributed by atoms with Gasteiger partial charge in [0.25, 0.3) is 5.91 Å². The second-order valence-corrected chi connectivity index (χ2v) is 7.05. The number of aryl methyl sites for hydroxylation is 1. The second kappa shape index (κ2) is 10.5. The molecule has 6 heteroatoms. The number of rotatable bonds is 8. The summed E-state index contributed by atoms with van der Waals surface area (Å²) in [4.78, 5) is 14.2. The summed E-state index contributed by atoms with van der Waals surface area (Å²) in [7, 11) is 0. The standard InChI is InChI=1S/C23H29N3O3/c1-3-28-22-15-19(16-24-25-20-10-6-5-9-18(20)2)11-12-21(22)29-17-23(27)26-13-7-4-8-14-26/h5-6,9-12,15-16,25H,3-4,7-8,13-14,17H2,1-2H3/b24-16-. The number of carbonyl (C=O) groups excluding carboxylic acids is 1. The monoisotopic (exact) mass is 395 g/mol. The summed E-state index contributed by atoms with van der Waals surface area (Å²) < 4.78 is 11.5. The Morgan fingerprint density at radius 3 is 2.66 bits per heavy atom. The van der Waals surface area contributed by atoms with Gasteiger partial charge >= 0.3 is 0 Å². The molecule has 0 spiro atoms. The number of hydrogen-bond acceptors (Lipinski definition) is 5. The molecule has 1 N–H and O–H groups in total. The maximum absolute atomic E-state index is 12.3. The van der Waals surface area contributed by atoms with E-state index in [1.807, 2.05) is 61.2 Å². The summed E-state index contributed by atoms with van der Waals surface area (Å²) in [5.41, 5.74) is 6.02. The Balaban J connectivity index is 1.62. The number of nitrogens with one attached hydrogen (secondary N) is 1. The van der Waals surface area contributed by atoms with E-state index < -0.39 is 0 Å². The Morgan fingerprint density at radius 1 is 1.10 bits per heavy atom. The van der Waals surface area contributed by atoms with Gasteiger partial charge in [-0.2, -0.15) is 5.10 Å². The largest absolute Gasteiger partial charge is 0.490 e. The fourth-order valence-corrected chi connectivity index (χ4v) is 3.24. The number of carbonyl (C=O) groups is 1. The zero-order valence-electron chi connectivity index (χ0n) is 17.2. The van der Waals surface area contributed by atoms with Crippen LogP contribution in [0.1, 0.15) is 37.3 Å². The molecule has 1 heterocycles. The Bertz CT molecular complexity index is 845. The summed E-state index contributed by atoms with van der Waals surface area (Å²) in [5, 5.41) is 4.31. The van der Waals surface area contributed by atoms with Crippen LogP contribution in [0.15, 0.2) is 47.6 Å². The van der Waals surface area contributed by atoms with Crippen LogP contribution in [0.4, 0.5) is 5.69 Å². The van der Waals surface area contributed by atoms with E-state index in [9.17, 15) is 4.79 Å². The lowest BCUT2D eigenvalue weighted by Crippen LogP contribution is -2.38. The van der Waals surface area contributed by atoms with Crippen molar-refractivity contribution in [2.45, 2.75) is 33.1 Å². The third-order valence-electron chi connectivity index (χ3n) is 4.87. The smallest absolute Gasteiger partial charge is 0.260 e. The number of hydrogen-bond donors (Lipinski definition) is 1. The van der Waals surface area contributed by atoms with E-state index in [1.54, 1.807) is 6.21 Å². The predicted octanol–water partition coefficient (Wildman–Crippen LogP) is 4.23. The lowest BCUT2D eigenvalue weighted by molar-refractivity contribution is -0.134. The Hall–Kier alpha value is -3.02. The zero-order chi connectivity index (χ0) is 20.5. The topological polar surface area (TPSA) is 63.2 Å². The molecule has 1 saturated heterocycles. The molecule has 0 saturated carbocycles. The summed E-state index contributed by atoms with van der Waals surface area (Å²) >= 11 is 0. The number of likely N-dealkylation sites (tertiary alicyclic amines) is 1. The normalized spacial score (nSPS) is 14.1. The molecule has 0 unspecified atom stereocenters. The van der Waals surface area contributed by atoms with Crippen LogP contribution in [-0.2, 0) is 4.79 Å². The van der Waals surface area contributed by atoms with Gasteiger partial charge in [-0.1, -0.05) is 18.2 Å². The first kappa shape index (κ1) is 20.7. The third-order valence-corrected chi connectivity index (χ3v) is 4.87. The van der Waals surface area contributed by atoms with E-state index in [2.05, 4.69) is 10.5 Å². The minimum Gasteiger partial charge on any atom is -0.490 e. The average molecular weight is 396 g/mol. The highest BCUT2D eigenvalue weighted by molar-refractivity contribution is 5.82. The quantitative estimate of drug-likeness (QED) is 0.537.